The number of halogens is 2. The molecule has 0 spiro atoms. The highest BCUT2D eigenvalue weighted by atomic mass is 35.5. The summed E-state index contributed by atoms with van der Waals surface area (Å²) in [4.78, 5) is 17.1. The Balaban J connectivity index is 1.80. The van der Waals surface area contributed by atoms with Crippen molar-refractivity contribution in [1.82, 2.24) is 24.6 Å². The van der Waals surface area contributed by atoms with Crippen molar-refractivity contribution in [3.63, 3.8) is 0 Å². The third-order valence-corrected chi connectivity index (χ3v) is 5.31. The Kier molecular flexibility index (Phi) is 5.84. The number of benzene rings is 1. The van der Waals surface area contributed by atoms with Crippen molar-refractivity contribution < 1.29 is 9.18 Å². The number of carbonyl (C=O) groups excluding carboxylic acids is 1. The van der Waals surface area contributed by atoms with Crippen molar-refractivity contribution in [2.45, 2.75) is 39.3 Å². The van der Waals surface area contributed by atoms with Gasteiger partial charge in [-0.05, 0) is 38.5 Å². The zero-order chi connectivity index (χ0) is 20.4. The van der Waals surface area contributed by atoms with Gasteiger partial charge in [-0.3, -0.25) is 9.48 Å². The summed E-state index contributed by atoms with van der Waals surface area (Å²) >= 11 is 6.22. The second-order valence-electron chi connectivity index (χ2n) is 6.93. The summed E-state index contributed by atoms with van der Waals surface area (Å²) in [7, 11) is 1.85. The second kappa shape index (κ2) is 8.14. The van der Waals surface area contributed by atoms with Crippen molar-refractivity contribution in [3.05, 3.63) is 70.3 Å². The Morgan fingerprint density at radius 3 is 2.50 bits per heavy atom. The highest BCUT2D eigenvalue weighted by Gasteiger charge is 2.23. The van der Waals surface area contributed by atoms with Crippen LogP contribution in [-0.4, -0.2) is 25.2 Å². The Morgan fingerprint density at radius 1 is 1.29 bits per heavy atom. The number of nitrogens with one attached hydrogen (secondary N) is 1. The van der Waals surface area contributed by atoms with Gasteiger partial charge in [0.25, 0.3) is 0 Å². The molecule has 1 amide bonds. The summed E-state index contributed by atoms with van der Waals surface area (Å²) in [6, 6.07) is 5.40. The number of imidazole rings is 1. The molecule has 28 heavy (non-hydrogen) atoms. The number of aryl methyl sites for hydroxylation is 2. The van der Waals surface area contributed by atoms with E-state index in [4.69, 9.17) is 11.6 Å². The van der Waals surface area contributed by atoms with Gasteiger partial charge in [-0.15, -0.1) is 0 Å². The van der Waals surface area contributed by atoms with Gasteiger partial charge >= 0.3 is 0 Å². The number of hydrogen-bond acceptors (Lipinski definition) is 3. The van der Waals surface area contributed by atoms with Crippen LogP contribution in [0.4, 0.5) is 4.39 Å². The predicted octanol–water partition coefficient (Wildman–Crippen LogP) is 3.88. The van der Waals surface area contributed by atoms with E-state index < -0.39 is 6.04 Å². The molecule has 0 aliphatic rings. The van der Waals surface area contributed by atoms with Gasteiger partial charge in [0, 0.05) is 25.9 Å². The van der Waals surface area contributed by atoms with Crippen LogP contribution in [0, 0.1) is 19.7 Å². The summed E-state index contributed by atoms with van der Waals surface area (Å²) in [5.74, 6) is 0.180. The van der Waals surface area contributed by atoms with Gasteiger partial charge in [0.05, 0.1) is 22.5 Å². The maximum atomic E-state index is 13.3. The summed E-state index contributed by atoms with van der Waals surface area (Å²) in [5.41, 5.74) is 2.33. The molecule has 0 aliphatic carbocycles. The highest BCUT2D eigenvalue weighted by Crippen LogP contribution is 2.25. The molecule has 3 rings (SSSR count). The lowest BCUT2D eigenvalue weighted by atomic mass is 10.1. The molecule has 2 unspecified atom stereocenters. The second-order valence-corrected chi connectivity index (χ2v) is 7.31. The van der Waals surface area contributed by atoms with Gasteiger partial charge in [-0.2, -0.15) is 5.10 Å². The summed E-state index contributed by atoms with van der Waals surface area (Å²) in [6.07, 6.45) is 3.69. The van der Waals surface area contributed by atoms with Crippen molar-refractivity contribution in [2.75, 3.05) is 0 Å². The van der Waals surface area contributed by atoms with Crippen molar-refractivity contribution >= 4 is 17.5 Å². The first-order chi connectivity index (χ1) is 13.3. The Bertz CT molecular complexity index is 979. The van der Waals surface area contributed by atoms with E-state index in [0.717, 1.165) is 17.0 Å². The molecular formula is C20H23ClFN5O. The molecule has 0 bridgehead atoms. The molecule has 6 nitrogen and oxygen atoms in total. The van der Waals surface area contributed by atoms with Crippen LogP contribution in [-0.2, 0) is 11.8 Å². The topological polar surface area (TPSA) is 64.7 Å². The van der Waals surface area contributed by atoms with Crippen LogP contribution < -0.4 is 5.32 Å². The summed E-state index contributed by atoms with van der Waals surface area (Å²) in [6.45, 7) is 5.64. The first-order valence-electron chi connectivity index (χ1n) is 9.01. The molecule has 1 aromatic carbocycles. The quantitative estimate of drug-likeness (QED) is 0.679. The number of rotatable bonds is 6. The molecule has 148 valence electrons. The van der Waals surface area contributed by atoms with Crippen LogP contribution in [0.15, 0.2) is 36.7 Å². The number of nitrogens with zero attached hydrogens (tertiary/aromatic N) is 4. The third-order valence-electron chi connectivity index (χ3n) is 4.76. The first kappa shape index (κ1) is 20.1. The fraction of sp³-hybridized carbons (Fsp3) is 0.350. The lowest BCUT2D eigenvalue weighted by Crippen LogP contribution is -2.32. The van der Waals surface area contributed by atoms with Gasteiger partial charge in [0.1, 0.15) is 17.7 Å². The third kappa shape index (κ3) is 4.09. The number of hydrogen-bond donors (Lipinski definition) is 1. The van der Waals surface area contributed by atoms with Crippen molar-refractivity contribution in [1.29, 1.82) is 0 Å². The van der Waals surface area contributed by atoms with E-state index in [9.17, 15) is 9.18 Å². The molecule has 1 N–H and O–H groups in total. The molecule has 2 atom stereocenters. The van der Waals surface area contributed by atoms with E-state index >= 15 is 0 Å². The van der Waals surface area contributed by atoms with Gasteiger partial charge in [-0.1, -0.05) is 23.7 Å². The smallest absolute Gasteiger partial charge is 0.222 e. The van der Waals surface area contributed by atoms with E-state index in [1.54, 1.807) is 29.2 Å². The zero-order valence-electron chi connectivity index (χ0n) is 16.3. The fourth-order valence-electron chi connectivity index (χ4n) is 3.25. The molecule has 0 saturated heterocycles. The van der Waals surface area contributed by atoms with Gasteiger partial charge in [0.2, 0.25) is 5.91 Å². The van der Waals surface area contributed by atoms with Crippen LogP contribution in [0.3, 0.4) is 0 Å². The minimum atomic E-state index is -0.482. The maximum absolute atomic E-state index is 13.3. The van der Waals surface area contributed by atoms with E-state index in [-0.39, 0.29) is 24.2 Å². The fourth-order valence-corrected chi connectivity index (χ4v) is 3.38. The molecule has 0 fully saturated rings. The Hall–Kier alpha value is -2.67. The first-order valence-corrected chi connectivity index (χ1v) is 9.39. The number of carbonyl (C=O) groups is 1. The van der Waals surface area contributed by atoms with Crippen molar-refractivity contribution in [2.24, 2.45) is 7.05 Å². The van der Waals surface area contributed by atoms with E-state index in [1.807, 2.05) is 32.4 Å². The van der Waals surface area contributed by atoms with Crippen LogP contribution in [0.1, 0.15) is 48.2 Å². The molecule has 0 aliphatic heterocycles. The van der Waals surface area contributed by atoms with E-state index in [2.05, 4.69) is 15.4 Å². The zero-order valence-corrected chi connectivity index (χ0v) is 17.0. The van der Waals surface area contributed by atoms with Crippen LogP contribution in [0.5, 0.6) is 0 Å². The van der Waals surface area contributed by atoms with Gasteiger partial charge in [0.15, 0.2) is 0 Å². The van der Waals surface area contributed by atoms with Gasteiger partial charge < -0.3 is 9.88 Å². The average molecular weight is 404 g/mol. The molecule has 2 aromatic heterocycles. The highest BCUT2D eigenvalue weighted by molar-refractivity contribution is 6.31. The minimum Gasteiger partial charge on any atom is -0.342 e. The summed E-state index contributed by atoms with van der Waals surface area (Å²) in [5, 5.41) is 8.05. The van der Waals surface area contributed by atoms with Gasteiger partial charge in [-0.25, -0.2) is 9.37 Å². The standard InChI is InChI=1S/C20H23ClFN5O/c1-12(27-14(3)18(21)13(2)25-27)11-17(28)24-19(20-23-9-10-26(20)4)15-5-7-16(22)8-6-15/h5-10,12,19H,11H2,1-4H3,(H,24,28). The molecule has 8 heteroatoms. The lowest BCUT2D eigenvalue weighted by molar-refractivity contribution is -0.122. The van der Waals surface area contributed by atoms with E-state index in [0.29, 0.717) is 10.8 Å². The molecule has 0 saturated carbocycles. The van der Waals surface area contributed by atoms with Crippen LogP contribution in [0.2, 0.25) is 5.02 Å². The largest absolute Gasteiger partial charge is 0.342 e. The Morgan fingerprint density at radius 2 is 1.96 bits per heavy atom. The lowest BCUT2D eigenvalue weighted by Gasteiger charge is -2.21. The number of amides is 1. The predicted molar refractivity (Wildman–Crippen MR) is 106 cm³/mol. The normalized spacial score (nSPS) is 13.4. The number of aromatic nitrogens is 4. The molecule has 0 radical (unpaired) electrons. The Labute approximate surface area is 168 Å². The molecular weight excluding hydrogens is 381 g/mol. The molecule has 3 aromatic rings. The SMILES string of the molecule is Cc1nn(C(C)CC(=O)NC(c2ccc(F)cc2)c2nccn2C)c(C)c1Cl. The van der Waals surface area contributed by atoms with Crippen LogP contribution in [0.25, 0.3) is 0 Å². The average Bonchev–Trinajstić information content (AvgIpc) is 3.19. The minimum absolute atomic E-state index is 0.159. The monoisotopic (exact) mass is 403 g/mol. The summed E-state index contributed by atoms with van der Waals surface area (Å²) < 4.78 is 16.9. The van der Waals surface area contributed by atoms with Crippen molar-refractivity contribution in [3.8, 4) is 0 Å². The van der Waals surface area contributed by atoms with E-state index in [1.165, 1.54) is 12.1 Å². The maximum Gasteiger partial charge on any atom is 0.222 e. The molecule has 2 heterocycles. The van der Waals surface area contributed by atoms with Crippen LogP contribution >= 0.6 is 11.6 Å².